The fraction of sp³-hybridized carbons (Fsp3) is 0.611. The van der Waals surface area contributed by atoms with Crippen LogP contribution in [0.1, 0.15) is 18.4 Å². The van der Waals surface area contributed by atoms with Crippen molar-refractivity contribution in [1.29, 1.82) is 0 Å². The van der Waals surface area contributed by atoms with Crippen LogP contribution in [0.3, 0.4) is 0 Å². The van der Waals surface area contributed by atoms with E-state index in [0.29, 0.717) is 12.3 Å². The lowest BCUT2D eigenvalue weighted by Crippen LogP contribution is -2.51. The fourth-order valence-electron chi connectivity index (χ4n) is 3.14. The maximum atomic E-state index is 12.4. The summed E-state index contributed by atoms with van der Waals surface area (Å²) in [7, 11) is 1.64. The third-order valence-corrected chi connectivity index (χ3v) is 4.83. The Kier molecular flexibility index (Phi) is 5.18. The molecule has 1 atom stereocenters. The molecule has 3 rings (SSSR count). The van der Waals surface area contributed by atoms with Crippen LogP contribution in [-0.4, -0.2) is 66.8 Å². The number of hydrogen-bond acceptors (Lipinski definition) is 4. The smallest absolute Gasteiger partial charge is 0.227 e. The normalized spacial score (nSPS) is 20.3. The molecule has 0 radical (unpaired) electrons. The molecule has 5 heteroatoms. The van der Waals surface area contributed by atoms with E-state index in [4.69, 9.17) is 4.74 Å². The summed E-state index contributed by atoms with van der Waals surface area (Å²) in [6.07, 6.45) is 2.57. The summed E-state index contributed by atoms with van der Waals surface area (Å²) in [5.74, 6) is 1.47. The zero-order chi connectivity index (χ0) is 16.2. The van der Waals surface area contributed by atoms with Gasteiger partial charge in [-0.15, -0.1) is 0 Å². The summed E-state index contributed by atoms with van der Waals surface area (Å²) >= 11 is 0. The van der Waals surface area contributed by atoms with Gasteiger partial charge in [0.1, 0.15) is 5.75 Å². The van der Waals surface area contributed by atoms with Gasteiger partial charge in [-0.1, -0.05) is 12.1 Å². The molecule has 1 aromatic rings. The average molecular weight is 318 g/mol. The van der Waals surface area contributed by atoms with Crippen molar-refractivity contribution >= 4 is 5.91 Å². The first-order valence-electron chi connectivity index (χ1n) is 8.47. The lowest BCUT2D eigenvalue weighted by Gasteiger charge is -2.35. The SMILES string of the molecule is COc1cccc(CC(=O)N2CCN(CC(O)C3CC3)CC2)c1. The van der Waals surface area contributed by atoms with Gasteiger partial charge in [-0.2, -0.15) is 0 Å². The van der Waals surface area contributed by atoms with Gasteiger partial charge in [0.05, 0.1) is 19.6 Å². The first kappa shape index (κ1) is 16.3. The Morgan fingerprint density at radius 1 is 1.30 bits per heavy atom. The predicted octanol–water partition coefficient (Wildman–Crippen LogP) is 1.15. The molecule has 126 valence electrons. The number of carbonyl (C=O) groups is 1. The highest BCUT2D eigenvalue weighted by atomic mass is 16.5. The van der Waals surface area contributed by atoms with Gasteiger partial charge < -0.3 is 14.7 Å². The van der Waals surface area contributed by atoms with Gasteiger partial charge in [-0.05, 0) is 36.5 Å². The maximum Gasteiger partial charge on any atom is 0.227 e. The van der Waals surface area contributed by atoms with Crippen molar-refractivity contribution < 1.29 is 14.6 Å². The van der Waals surface area contributed by atoms with E-state index in [9.17, 15) is 9.90 Å². The minimum Gasteiger partial charge on any atom is -0.497 e. The zero-order valence-corrected chi connectivity index (χ0v) is 13.8. The second-order valence-corrected chi connectivity index (χ2v) is 6.61. The van der Waals surface area contributed by atoms with Gasteiger partial charge >= 0.3 is 0 Å². The van der Waals surface area contributed by atoms with Crippen LogP contribution in [0, 0.1) is 5.92 Å². The quantitative estimate of drug-likeness (QED) is 0.855. The molecule has 1 heterocycles. The maximum absolute atomic E-state index is 12.4. The summed E-state index contributed by atoms with van der Waals surface area (Å²) in [6.45, 7) is 3.96. The first-order valence-corrected chi connectivity index (χ1v) is 8.47. The molecular formula is C18H26N2O3. The molecule has 2 aliphatic rings. The number of carbonyl (C=O) groups excluding carboxylic acids is 1. The molecule has 1 aliphatic heterocycles. The highest BCUT2D eigenvalue weighted by molar-refractivity contribution is 5.79. The highest BCUT2D eigenvalue weighted by Gasteiger charge is 2.32. The first-order chi connectivity index (χ1) is 11.2. The van der Waals surface area contributed by atoms with E-state index in [1.165, 1.54) is 12.8 Å². The molecule has 0 bridgehead atoms. The summed E-state index contributed by atoms with van der Waals surface area (Å²) in [6, 6.07) is 7.68. The molecule has 23 heavy (non-hydrogen) atoms. The standard InChI is InChI=1S/C18H26N2O3/c1-23-16-4-2-3-14(11-16)12-18(22)20-9-7-19(8-10-20)13-17(21)15-5-6-15/h2-4,11,15,17,21H,5-10,12-13H2,1H3. The molecule has 1 N–H and O–H groups in total. The second-order valence-electron chi connectivity index (χ2n) is 6.61. The van der Waals surface area contributed by atoms with Gasteiger partial charge in [0.25, 0.3) is 0 Å². The molecular weight excluding hydrogens is 292 g/mol. The third kappa shape index (κ3) is 4.45. The zero-order valence-electron chi connectivity index (χ0n) is 13.8. The number of aliphatic hydroxyl groups excluding tert-OH is 1. The number of benzene rings is 1. The predicted molar refractivity (Wildman–Crippen MR) is 88.4 cm³/mol. The van der Waals surface area contributed by atoms with Crippen LogP contribution in [0.4, 0.5) is 0 Å². The highest BCUT2D eigenvalue weighted by Crippen LogP contribution is 2.32. The number of β-amino-alcohol motifs (C(OH)–C–C–N with tert-alkyl or cyclic N) is 1. The van der Waals surface area contributed by atoms with Crippen molar-refractivity contribution in [1.82, 2.24) is 9.80 Å². The van der Waals surface area contributed by atoms with Gasteiger partial charge in [-0.3, -0.25) is 9.69 Å². The summed E-state index contributed by atoms with van der Waals surface area (Å²) in [5.41, 5.74) is 0.987. The fourth-order valence-corrected chi connectivity index (χ4v) is 3.14. The lowest BCUT2D eigenvalue weighted by atomic mass is 10.1. The number of amides is 1. The summed E-state index contributed by atoms with van der Waals surface area (Å²) < 4.78 is 5.20. The Labute approximate surface area is 137 Å². The monoisotopic (exact) mass is 318 g/mol. The van der Waals surface area contributed by atoms with Gasteiger partial charge in [0.2, 0.25) is 5.91 Å². The summed E-state index contributed by atoms with van der Waals surface area (Å²) in [4.78, 5) is 16.6. The number of hydrogen-bond donors (Lipinski definition) is 1. The lowest BCUT2D eigenvalue weighted by molar-refractivity contribution is -0.132. The molecule has 1 saturated carbocycles. The molecule has 5 nitrogen and oxygen atoms in total. The van der Waals surface area contributed by atoms with Crippen LogP contribution < -0.4 is 4.74 Å². The van der Waals surface area contributed by atoms with Gasteiger partial charge in [0.15, 0.2) is 0 Å². The Bertz CT molecular complexity index is 537. The third-order valence-electron chi connectivity index (χ3n) is 4.83. The van der Waals surface area contributed by atoms with Crippen LogP contribution in [0.5, 0.6) is 5.75 Å². The van der Waals surface area contributed by atoms with E-state index < -0.39 is 0 Å². The van der Waals surface area contributed by atoms with Crippen LogP contribution >= 0.6 is 0 Å². The van der Waals surface area contributed by atoms with Crippen molar-refractivity contribution in [2.45, 2.75) is 25.4 Å². The van der Waals surface area contributed by atoms with Crippen LogP contribution in [0.15, 0.2) is 24.3 Å². The van der Waals surface area contributed by atoms with E-state index in [1.54, 1.807) is 7.11 Å². The number of nitrogens with zero attached hydrogens (tertiary/aromatic N) is 2. The molecule has 0 spiro atoms. The number of rotatable bonds is 6. The molecule has 1 aliphatic carbocycles. The number of piperazine rings is 1. The Morgan fingerprint density at radius 3 is 2.70 bits per heavy atom. The molecule has 1 saturated heterocycles. The molecule has 1 amide bonds. The summed E-state index contributed by atoms with van der Waals surface area (Å²) in [5, 5.41) is 10.0. The van der Waals surface area contributed by atoms with E-state index in [2.05, 4.69) is 4.90 Å². The largest absolute Gasteiger partial charge is 0.497 e. The van der Waals surface area contributed by atoms with E-state index >= 15 is 0 Å². The molecule has 1 aromatic carbocycles. The van der Waals surface area contributed by atoms with Crippen LogP contribution in [-0.2, 0) is 11.2 Å². The van der Waals surface area contributed by atoms with Gasteiger partial charge in [0, 0.05) is 32.7 Å². The van der Waals surface area contributed by atoms with Crippen LogP contribution in [0.2, 0.25) is 0 Å². The Morgan fingerprint density at radius 2 is 2.04 bits per heavy atom. The molecule has 0 aromatic heterocycles. The van der Waals surface area contributed by atoms with E-state index in [0.717, 1.165) is 44.0 Å². The van der Waals surface area contributed by atoms with Crippen molar-refractivity contribution in [3.05, 3.63) is 29.8 Å². The Hall–Kier alpha value is -1.59. The number of aliphatic hydroxyl groups is 1. The molecule has 2 fully saturated rings. The van der Waals surface area contributed by atoms with E-state index in [1.807, 2.05) is 29.2 Å². The van der Waals surface area contributed by atoms with Crippen LogP contribution in [0.25, 0.3) is 0 Å². The number of methoxy groups -OCH3 is 1. The molecule has 1 unspecified atom stereocenters. The average Bonchev–Trinajstić information content (AvgIpc) is 3.40. The van der Waals surface area contributed by atoms with Crippen molar-refractivity contribution in [3.63, 3.8) is 0 Å². The van der Waals surface area contributed by atoms with Crippen molar-refractivity contribution in [2.24, 2.45) is 5.92 Å². The second kappa shape index (κ2) is 7.32. The van der Waals surface area contributed by atoms with Crippen molar-refractivity contribution in [2.75, 3.05) is 39.8 Å². The van der Waals surface area contributed by atoms with E-state index in [-0.39, 0.29) is 12.0 Å². The number of ether oxygens (including phenoxy) is 1. The van der Waals surface area contributed by atoms with Crippen molar-refractivity contribution in [3.8, 4) is 5.75 Å². The van der Waals surface area contributed by atoms with Gasteiger partial charge in [-0.25, -0.2) is 0 Å². The minimum absolute atomic E-state index is 0.167. The minimum atomic E-state index is -0.186. The topological polar surface area (TPSA) is 53.0 Å². The Balaban J connectivity index is 1.45.